The van der Waals surface area contributed by atoms with Crippen molar-refractivity contribution in [2.24, 2.45) is 0 Å². The molecular formula is C3H9NaO6SSi. The molecular weight excluding hydrogens is 215 g/mol. The van der Waals surface area contributed by atoms with E-state index in [0.717, 1.165) is 0 Å². The second-order valence-electron chi connectivity index (χ2n) is 2.14. The Kier molecular flexibility index (Phi) is 7.32. The molecule has 0 spiro atoms. The summed E-state index contributed by atoms with van der Waals surface area (Å²) in [5, 5.41) is 0. The van der Waals surface area contributed by atoms with Gasteiger partial charge in [-0.2, -0.15) is 0 Å². The summed E-state index contributed by atoms with van der Waals surface area (Å²) < 4.78 is 29.8. The molecule has 3 N–H and O–H groups in total. The fourth-order valence-corrected chi connectivity index (χ4v) is 1.89. The zero-order chi connectivity index (χ0) is 9.12. The second-order valence-corrected chi connectivity index (χ2v) is 5.71. The molecule has 0 bridgehead atoms. The summed E-state index contributed by atoms with van der Waals surface area (Å²) in [6.07, 6.45) is -0.221. The zero-order valence-corrected chi connectivity index (χ0v) is 10.4. The molecule has 0 rings (SSSR count). The van der Waals surface area contributed by atoms with Crippen molar-refractivity contribution in [3.63, 3.8) is 0 Å². The molecule has 0 amide bonds. The van der Waals surface area contributed by atoms with Crippen LogP contribution in [0, 0.1) is 0 Å². The van der Waals surface area contributed by atoms with E-state index < -0.39 is 30.7 Å². The molecule has 0 atom stereocenters. The van der Waals surface area contributed by atoms with Gasteiger partial charge in [0.05, 0.1) is 10.1 Å². The molecule has 0 heterocycles. The Balaban J connectivity index is 0. The van der Waals surface area contributed by atoms with Crippen molar-refractivity contribution in [1.82, 2.24) is 0 Å². The van der Waals surface area contributed by atoms with E-state index in [9.17, 15) is 13.0 Å². The average molecular weight is 224 g/mol. The zero-order valence-electron chi connectivity index (χ0n) is 6.60. The summed E-state index contributed by atoms with van der Waals surface area (Å²) in [5.41, 5.74) is 0. The van der Waals surface area contributed by atoms with Crippen molar-refractivity contribution in [3.05, 3.63) is 0 Å². The van der Waals surface area contributed by atoms with Gasteiger partial charge >= 0.3 is 38.4 Å². The third kappa shape index (κ3) is 13.6. The Morgan fingerprint density at radius 3 is 1.92 bits per heavy atom. The summed E-state index contributed by atoms with van der Waals surface area (Å²) in [7, 11) is -8.47. The summed E-state index contributed by atoms with van der Waals surface area (Å²) in [6, 6.07) is -0.422. The molecule has 0 aromatic heterocycles. The molecule has 0 aromatic carbocycles. The molecule has 0 aliphatic rings. The van der Waals surface area contributed by atoms with E-state index in [1.54, 1.807) is 0 Å². The molecule has 0 saturated carbocycles. The van der Waals surface area contributed by atoms with Gasteiger partial charge in [-0.1, -0.05) is 0 Å². The van der Waals surface area contributed by atoms with Crippen LogP contribution in [-0.4, -0.2) is 41.9 Å². The number of hydrogen-bond donors (Lipinski definition) is 3. The third-order valence-corrected chi connectivity index (χ3v) is 2.72. The van der Waals surface area contributed by atoms with Crippen molar-refractivity contribution in [2.75, 3.05) is 5.75 Å². The van der Waals surface area contributed by atoms with Crippen LogP contribution in [0.2, 0.25) is 6.04 Å². The SMILES string of the molecule is O=S(=O)([O-])CCC[Si](O)(O)O.[Na+]. The molecule has 0 radical (unpaired) electrons. The quantitative estimate of drug-likeness (QED) is 0.324. The van der Waals surface area contributed by atoms with Crippen LogP contribution in [0.1, 0.15) is 6.42 Å². The minimum absolute atomic E-state index is 0. The first-order valence-electron chi connectivity index (χ1n) is 2.81. The minimum Gasteiger partial charge on any atom is -0.748 e. The fourth-order valence-electron chi connectivity index (χ4n) is 0.486. The summed E-state index contributed by atoms with van der Waals surface area (Å²) in [4.78, 5) is 25.1. The molecule has 0 aliphatic heterocycles. The van der Waals surface area contributed by atoms with E-state index in [-0.39, 0.29) is 36.0 Å². The Morgan fingerprint density at radius 1 is 1.25 bits per heavy atom. The predicted molar refractivity (Wildman–Crippen MR) is 36.4 cm³/mol. The van der Waals surface area contributed by atoms with Crippen LogP contribution in [0.15, 0.2) is 0 Å². The van der Waals surface area contributed by atoms with Crippen molar-refractivity contribution < 1.29 is 56.9 Å². The minimum atomic E-state index is -4.31. The van der Waals surface area contributed by atoms with Gasteiger partial charge in [0.15, 0.2) is 0 Å². The Morgan fingerprint density at radius 2 is 1.67 bits per heavy atom. The van der Waals surface area contributed by atoms with Gasteiger partial charge in [-0.25, -0.2) is 8.42 Å². The standard InChI is InChI=1S/C3H10O6SSi.Na/c4-10(5,6)2-1-3-11(7,8)9;/h7-9H,1-3H2,(H,4,5,6);/q;+1/p-1. The van der Waals surface area contributed by atoms with Crippen molar-refractivity contribution in [3.8, 4) is 0 Å². The van der Waals surface area contributed by atoms with Crippen LogP contribution >= 0.6 is 0 Å². The number of hydrogen-bond acceptors (Lipinski definition) is 6. The second kappa shape index (κ2) is 5.68. The molecule has 68 valence electrons. The van der Waals surface area contributed by atoms with Crippen molar-refractivity contribution >= 4 is 18.9 Å². The van der Waals surface area contributed by atoms with E-state index in [1.807, 2.05) is 0 Å². The molecule has 0 fully saturated rings. The van der Waals surface area contributed by atoms with Crippen LogP contribution in [0.4, 0.5) is 0 Å². The van der Waals surface area contributed by atoms with Crippen LogP contribution in [0.25, 0.3) is 0 Å². The van der Waals surface area contributed by atoms with Gasteiger partial charge in [0, 0.05) is 11.8 Å². The number of rotatable bonds is 4. The van der Waals surface area contributed by atoms with Gasteiger partial charge < -0.3 is 18.9 Å². The van der Waals surface area contributed by atoms with Crippen LogP contribution in [0.5, 0.6) is 0 Å². The van der Waals surface area contributed by atoms with E-state index in [4.69, 9.17) is 14.4 Å². The monoisotopic (exact) mass is 224 g/mol. The van der Waals surface area contributed by atoms with Crippen LogP contribution in [-0.2, 0) is 10.1 Å². The largest absolute Gasteiger partial charge is 1.00 e. The molecule has 9 heteroatoms. The molecule has 0 aliphatic carbocycles. The molecule has 6 nitrogen and oxygen atoms in total. The smallest absolute Gasteiger partial charge is 0.748 e. The normalized spacial score (nSPS) is 12.3. The molecule has 0 saturated heterocycles. The first kappa shape index (κ1) is 15.5. The molecule has 0 aromatic rings. The van der Waals surface area contributed by atoms with Gasteiger partial charge in [-0.3, -0.25) is 0 Å². The van der Waals surface area contributed by atoms with E-state index >= 15 is 0 Å². The molecule has 0 unspecified atom stereocenters. The summed E-state index contributed by atoms with van der Waals surface area (Å²) in [6.45, 7) is 0. The summed E-state index contributed by atoms with van der Waals surface area (Å²) in [5.74, 6) is -0.677. The Hall–Kier alpha value is 1.01. The van der Waals surface area contributed by atoms with Gasteiger partial charge in [0.2, 0.25) is 0 Å². The average Bonchev–Trinajstić information content (AvgIpc) is 1.55. The van der Waals surface area contributed by atoms with Gasteiger partial charge in [0.1, 0.15) is 0 Å². The van der Waals surface area contributed by atoms with E-state index in [1.165, 1.54) is 0 Å². The van der Waals surface area contributed by atoms with Gasteiger partial charge in [-0.15, -0.1) is 0 Å². The predicted octanol–water partition coefficient (Wildman–Crippen LogP) is -5.16. The Labute approximate surface area is 93.6 Å². The fraction of sp³-hybridized carbons (Fsp3) is 1.00. The van der Waals surface area contributed by atoms with Crippen LogP contribution in [0.3, 0.4) is 0 Å². The molecule has 12 heavy (non-hydrogen) atoms. The first-order valence-corrected chi connectivity index (χ1v) is 6.44. The van der Waals surface area contributed by atoms with E-state index in [0.29, 0.717) is 0 Å². The van der Waals surface area contributed by atoms with Crippen molar-refractivity contribution in [2.45, 2.75) is 12.5 Å². The third-order valence-electron chi connectivity index (χ3n) is 0.907. The first-order chi connectivity index (χ1) is 4.71. The Bertz CT molecular complexity index is 207. The maximum absolute atomic E-state index is 9.93. The maximum Gasteiger partial charge on any atom is 1.00 e. The van der Waals surface area contributed by atoms with Crippen LogP contribution < -0.4 is 29.6 Å². The van der Waals surface area contributed by atoms with Gasteiger partial charge in [-0.05, 0) is 6.42 Å². The van der Waals surface area contributed by atoms with E-state index in [2.05, 4.69) is 0 Å². The summed E-state index contributed by atoms with van der Waals surface area (Å²) >= 11 is 0. The van der Waals surface area contributed by atoms with Crippen molar-refractivity contribution in [1.29, 1.82) is 0 Å². The van der Waals surface area contributed by atoms with Gasteiger partial charge in [0.25, 0.3) is 0 Å². The topological polar surface area (TPSA) is 118 Å². The maximum atomic E-state index is 9.93.